The Kier molecular flexibility index (Phi) is 7.50. The minimum atomic E-state index is -0.124. The van der Waals surface area contributed by atoms with Gasteiger partial charge >= 0.3 is 0 Å². The van der Waals surface area contributed by atoms with E-state index in [1.54, 1.807) is 7.11 Å². The van der Waals surface area contributed by atoms with Gasteiger partial charge in [0, 0.05) is 0 Å². The lowest BCUT2D eigenvalue weighted by atomic mass is 9.87. The van der Waals surface area contributed by atoms with E-state index in [1.165, 1.54) is 5.56 Å². The predicted octanol–water partition coefficient (Wildman–Crippen LogP) is 5.28. The lowest BCUT2D eigenvalue weighted by Gasteiger charge is -2.22. The molecule has 152 valence electrons. The summed E-state index contributed by atoms with van der Waals surface area (Å²) in [7, 11) is 1.65. The van der Waals surface area contributed by atoms with Crippen molar-refractivity contribution in [3.8, 4) is 11.5 Å². The number of amides is 1. The van der Waals surface area contributed by atoms with Crippen LogP contribution in [0.5, 0.6) is 11.5 Å². The largest absolute Gasteiger partial charge is 0.497 e. The number of hydrogen-bond donors (Lipinski definition) is 1. The van der Waals surface area contributed by atoms with Crippen LogP contribution in [-0.4, -0.2) is 19.6 Å². The molecule has 0 saturated heterocycles. The highest BCUT2D eigenvalue weighted by molar-refractivity contribution is 5.78. The van der Waals surface area contributed by atoms with Gasteiger partial charge in [0.05, 0.1) is 13.2 Å². The van der Waals surface area contributed by atoms with Crippen molar-refractivity contribution < 1.29 is 14.3 Å². The molecule has 2 aromatic rings. The van der Waals surface area contributed by atoms with Crippen LogP contribution in [0.4, 0.5) is 0 Å². The fraction of sp³-hybridized carbons (Fsp3) is 0.458. The number of rotatable bonds is 8. The van der Waals surface area contributed by atoms with E-state index in [1.807, 2.05) is 48.5 Å². The fourth-order valence-electron chi connectivity index (χ4n) is 3.02. The van der Waals surface area contributed by atoms with Gasteiger partial charge in [0.1, 0.15) is 11.5 Å². The highest BCUT2D eigenvalue weighted by atomic mass is 16.5. The molecule has 1 N–H and O–H groups in total. The van der Waals surface area contributed by atoms with Crippen LogP contribution in [0.25, 0.3) is 0 Å². The molecular formula is C24H33NO3. The van der Waals surface area contributed by atoms with E-state index >= 15 is 0 Å². The second kappa shape index (κ2) is 9.63. The first kappa shape index (κ1) is 21.8. The first-order valence-electron chi connectivity index (χ1n) is 9.85. The smallest absolute Gasteiger partial charge is 0.258 e. The molecule has 0 radical (unpaired) electrons. The summed E-state index contributed by atoms with van der Waals surface area (Å²) in [5, 5.41) is 3.10. The first-order valence-corrected chi connectivity index (χ1v) is 9.85. The third kappa shape index (κ3) is 6.59. The summed E-state index contributed by atoms with van der Waals surface area (Å²) in [4.78, 5) is 12.5. The van der Waals surface area contributed by atoms with Crippen LogP contribution in [0.3, 0.4) is 0 Å². The first-order chi connectivity index (χ1) is 13.2. The highest BCUT2D eigenvalue weighted by Gasteiger charge is 2.17. The topological polar surface area (TPSA) is 47.6 Å². The summed E-state index contributed by atoms with van der Waals surface area (Å²) < 4.78 is 10.9. The van der Waals surface area contributed by atoms with Gasteiger partial charge in [-0.3, -0.25) is 4.79 Å². The van der Waals surface area contributed by atoms with Gasteiger partial charge in [-0.15, -0.1) is 0 Å². The van der Waals surface area contributed by atoms with Gasteiger partial charge < -0.3 is 14.8 Å². The number of carbonyl (C=O) groups is 1. The Bertz CT molecular complexity index is 743. The Morgan fingerprint density at radius 1 is 0.964 bits per heavy atom. The van der Waals surface area contributed by atoms with Gasteiger partial charge in [-0.25, -0.2) is 0 Å². The lowest BCUT2D eigenvalue weighted by molar-refractivity contribution is -0.124. The van der Waals surface area contributed by atoms with Gasteiger partial charge in [-0.1, -0.05) is 58.9 Å². The van der Waals surface area contributed by atoms with E-state index in [0.29, 0.717) is 11.7 Å². The van der Waals surface area contributed by atoms with Crippen LogP contribution >= 0.6 is 0 Å². The highest BCUT2D eigenvalue weighted by Crippen LogP contribution is 2.25. The molecule has 28 heavy (non-hydrogen) atoms. The van der Waals surface area contributed by atoms with Gasteiger partial charge in [-0.2, -0.15) is 0 Å². The number of ether oxygens (including phenoxy) is 2. The third-order valence-corrected chi connectivity index (χ3v) is 4.65. The number of nitrogens with one attached hydrogen (secondary N) is 1. The molecule has 1 atom stereocenters. The van der Waals surface area contributed by atoms with E-state index in [-0.39, 0.29) is 24.0 Å². The third-order valence-electron chi connectivity index (χ3n) is 4.65. The lowest BCUT2D eigenvalue weighted by Crippen LogP contribution is -2.33. The molecule has 2 rings (SSSR count). The van der Waals surface area contributed by atoms with Gasteiger partial charge in [-0.05, 0) is 53.1 Å². The van der Waals surface area contributed by atoms with Gasteiger partial charge in [0.2, 0.25) is 0 Å². The van der Waals surface area contributed by atoms with Gasteiger partial charge in [0.25, 0.3) is 5.91 Å². The van der Waals surface area contributed by atoms with E-state index in [4.69, 9.17) is 9.47 Å². The molecule has 2 aromatic carbocycles. The average molecular weight is 384 g/mol. The Morgan fingerprint density at radius 3 is 2.04 bits per heavy atom. The number of methoxy groups -OCH3 is 1. The van der Waals surface area contributed by atoms with Crippen molar-refractivity contribution in [1.29, 1.82) is 0 Å². The van der Waals surface area contributed by atoms with Crippen LogP contribution in [0.1, 0.15) is 58.2 Å². The molecule has 0 spiro atoms. The molecule has 0 aliphatic rings. The van der Waals surface area contributed by atoms with E-state index in [0.717, 1.165) is 17.7 Å². The maximum Gasteiger partial charge on any atom is 0.258 e. The fourth-order valence-corrected chi connectivity index (χ4v) is 3.02. The Balaban J connectivity index is 1.97. The monoisotopic (exact) mass is 383 g/mol. The quantitative estimate of drug-likeness (QED) is 0.675. The molecule has 0 fully saturated rings. The molecule has 4 nitrogen and oxygen atoms in total. The van der Waals surface area contributed by atoms with Crippen molar-refractivity contribution in [2.45, 2.75) is 52.5 Å². The molecule has 4 heteroatoms. The summed E-state index contributed by atoms with van der Waals surface area (Å²) in [5.74, 6) is 1.84. The van der Waals surface area contributed by atoms with Crippen molar-refractivity contribution >= 4 is 5.91 Å². The van der Waals surface area contributed by atoms with Crippen LogP contribution in [-0.2, 0) is 10.2 Å². The van der Waals surface area contributed by atoms with E-state index < -0.39 is 0 Å². The summed E-state index contributed by atoms with van der Waals surface area (Å²) >= 11 is 0. The zero-order valence-corrected chi connectivity index (χ0v) is 17.9. The van der Waals surface area contributed by atoms with Crippen LogP contribution in [0.15, 0.2) is 48.5 Å². The van der Waals surface area contributed by atoms with Crippen molar-refractivity contribution in [1.82, 2.24) is 5.32 Å². The SMILES string of the molecule is COc1ccc(C(CC(C)C)NC(=O)COc2ccc(C(C)(C)C)cc2)cc1. The van der Waals surface area contributed by atoms with Gasteiger partial charge in [0.15, 0.2) is 6.61 Å². The predicted molar refractivity (Wildman–Crippen MR) is 114 cm³/mol. The summed E-state index contributed by atoms with van der Waals surface area (Å²) in [6.45, 7) is 10.8. The standard InChI is InChI=1S/C24H33NO3/c1-17(2)15-22(18-7-11-20(27-6)12-8-18)25-23(26)16-28-21-13-9-19(10-14-21)24(3,4)5/h7-14,17,22H,15-16H2,1-6H3,(H,25,26). The molecular weight excluding hydrogens is 350 g/mol. The molecule has 1 amide bonds. The zero-order chi connectivity index (χ0) is 20.7. The number of benzene rings is 2. The van der Waals surface area contributed by atoms with Crippen molar-refractivity contribution in [3.05, 3.63) is 59.7 Å². The van der Waals surface area contributed by atoms with E-state index in [2.05, 4.69) is 39.9 Å². The van der Waals surface area contributed by atoms with Crippen LogP contribution < -0.4 is 14.8 Å². The maximum atomic E-state index is 12.5. The summed E-state index contributed by atoms with van der Waals surface area (Å²) in [6.07, 6.45) is 0.859. The average Bonchev–Trinajstić information content (AvgIpc) is 2.65. The molecule has 0 heterocycles. The number of hydrogen-bond acceptors (Lipinski definition) is 3. The molecule has 0 aliphatic heterocycles. The summed E-state index contributed by atoms with van der Waals surface area (Å²) in [6, 6.07) is 15.7. The molecule has 0 bridgehead atoms. The second-order valence-electron chi connectivity index (χ2n) is 8.59. The molecule has 0 aromatic heterocycles. The van der Waals surface area contributed by atoms with Crippen molar-refractivity contribution in [3.63, 3.8) is 0 Å². The maximum absolute atomic E-state index is 12.5. The van der Waals surface area contributed by atoms with E-state index in [9.17, 15) is 4.79 Å². The van der Waals surface area contributed by atoms with Crippen LogP contribution in [0, 0.1) is 5.92 Å². The summed E-state index contributed by atoms with van der Waals surface area (Å²) in [5.41, 5.74) is 2.40. The normalized spacial score (nSPS) is 12.5. The Hall–Kier alpha value is -2.49. The van der Waals surface area contributed by atoms with Crippen LogP contribution in [0.2, 0.25) is 0 Å². The Labute approximate surface area is 169 Å². The molecule has 0 aliphatic carbocycles. The molecule has 0 saturated carbocycles. The minimum Gasteiger partial charge on any atom is -0.497 e. The minimum absolute atomic E-state index is 0.000382. The van der Waals surface area contributed by atoms with Crippen molar-refractivity contribution in [2.75, 3.05) is 13.7 Å². The molecule has 1 unspecified atom stereocenters. The number of carbonyl (C=O) groups excluding carboxylic acids is 1. The second-order valence-corrected chi connectivity index (χ2v) is 8.59. The Morgan fingerprint density at radius 2 is 1.54 bits per heavy atom. The van der Waals surface area contributed by atoms with Crippen molar-refractivity contribution in [2.24, 2.45) is 5.92 Å². The zero-order valence-electron chi connectivity index (χ0n) is 17.9.